The molecule has 1 saturated heterocycles. The van der Waals surface area contributed by atoms with Crippen LogP contribution in [0.1, 0.15) is 55.4 Å². The van der Waals surface area contributed by atoms with E-state index < -0.39 is 11.0 Å². The Bertz CT molecular complexity index is 1690. The Kier molecular flexibility index (Phi) is 13.7. The lowest BCUT2D eigenvalue weighted by molar-refractivity contribution is -0.0926. The first-order chi connectivity index (χ1) is 24.6. The van der Waals surface area contributed by atoms with Gasteiger partial charge in [0.2, 0.25) is 0 Å². The van der Waals surface area contributed by atoms with Gasteiger partial charge in [-0.2, -0.15) is 5.26 Å². The number of aliphatic hydroxyl groups excluding tert-OH is 1. The number of hydrogen-bond donors (Lipinski definition) is 2. The summed E-state index contributed by atoms with van der Waals surface area (Å²) in [6.07, 6.45) is 12.0. The van der Waals surface area contributed by atoms with E-state index >= 15 is 0 Å². The quantitative estimate of drug-likeness (QED) is 0.143. The van der Waals surface area contributed by atoms with Gasteiger partial charge in [0, 0.05) is 67.8 Å². The van der Waals surface area contributed by atoms with Crippen molar-refractivity contribution < 1.29 is 19.3 Å². The van der Waals surface area contributed by atoms with E-state index in [-0.39, 0.29) is 19.3 Å². The molecule has 10 heteroatoms. The number of halogens is 1. The fourth-order valence-corrected chi connectivity index (χ4v) is 6.99. The average molecular weight is 714 g/mol. The number of nitriles is 1. The summed E-state index contributed by atoms with van der Waals surface area (Å²) in [5.74, 6) is 1.14. The molecule has 51 heavy (non-hydrogen) atoms. The molecule has 0 saturated carbocycles. The maximum absolute atomic E-state index is 10.00. The van der Waals surface area contributed by atoms with Gasteiger partial charge in [-0.1, -0.05) is 67.9 Å². The van der Waals surface area contributed by atoms with Crippen LogP contribution in [-0.2, 0) is 17.9 Å². The summed E-state index contributed by atoms with van der Waals surface area (Å²) < 4.78 is 19.9. The SMILES string of the molecule is CN(C)CCCNCc1cc(Cl)c(OC[C@@]2(OCCCN3CCC(O)C3)C=CC=C(c3ccccc3)C2(C)C)cc1OCc1cncc(C#N)c1. The monoisotopic (exact) mass is 713 g/mol. The lowest BCUT2D eigenvalue weighted by Gasteiger charge is -2.47. The fourth-order valence-electron chi connectivity index (χ4n) is 6.75. The predicted molar refractivity (Wildman–Crippen MR) is 203 cm³/mol. The summed E-state index contributed by atoms with van der Waals surface area (Å²) in [4.78, 5) is 8.65. The van der Waals surface area contributed by atoms with E-state index in [0.29, 0.717) is 41.8 Å². The second kappa shape index (κ2) is 18.1. The predicted octanol–water partition coefficient (Wildman–Crippen LogP) is 6.50. The zero-order valence-electron chi connectivity index (χ0n) is 30.4. The molecule has 2 atom stereocenters. The molecule has 0 radical (unpaired) electrons. The van der Waals surface area contributed by atoms with E-state index in [2.05, 4.69) is 96.6 Å². The first-order valence-corrected chi connectivity index (χ1v) is 18.3. The number of hydrogen-bond acceptors (Lipinski definition) is 9. The van der Waals surface area contributed by atoms with Gasteiger partial charge >= 0.3 is 0 Å². The molecule has 2 aromatic carbocycles. The molecule has 1 aliphatic heterocycles. The van der Waals surface area contributed by atoms with Crippen LogP contribution in [-0.4, -0.2) is 91.6 Å². The van der Waals surface area contributed by atoms with E-state index in [0.717, 1.165) is 67.7 Å². The molecule has 272 valence electrons. The fraction of sp³-hybridized carbons (Fsp3) is 0.463. The number of ether oxygens (including phenoxy) is 3. The van der Waals surface area contributed by atoms with Gasteiger partial charge in [0.15, 0.2) is 0 Å². The third kappa shape index (κ3) is 10.2. The number of likely N-dealkylation sites (tertiary alicyclic amines) is 1. The molecule has 3 aromatic rings. The van der Waals surface area contributed by atoms with Crippen molar-refractivity contribution in [1.29, 1.82) is 5.26 Å². The summed E-state index contributed by atoms with van der Waals surface area (Å²) in [5.41, 5.74) is 3.21. The van der Waals surface area contributed by atoms with E-state index in [1.807, 2.05) is 18.2 Å². The molecular weight excluding hydrogens is 662 g/mol. The highest BCUT2D eigenvalue weighted by atomic mass is 35.5. The molecule has 0 spiro atoms. The summed E-state index contributed by atoms with van der Waals surface area (Å²) in [6, 6.07) is 18.1. The van der Waals surface area contributed by atoms with Crippen LogP contribution in [0.5, 0.6) is 11.5 Å². The van der Waals surface area contributed by atoms with Gasteiger partial charge in [-0.3, -0.25) is 4.98 Å². The van der Waals surface area contributed by atoms with Crippen LogP contribution in [0, 0.1) is 16.7 Å². The highest BCUT2D eigenvalue weighted by Gasteiger charge is 2.49. The summed E-state index contributed by atoms with van der Waals surface area (Å²) in [5, 5.41) is 23.4. The Labute approximate surface area is 308 Å². The molecule has 0 amide bonds. The Morgan fingerprint density at radius 2 is 1.92 bits per heavy atom. The van der Waals surface area contributed by atoms with Crippen LogP contribution >= 0.6 is 11.6 Å². The lowest BCUT2D eigenvalue weighted by atomic mass is 9.65. The number of β-amino-alcohol motifs (C(OH)–C–C–N with tert-alkyl or cyclic N) is 1. The lowest BCUT2D eigenvalue weighted by Crippen LogP contribution is -2.52. The molecule has 1 unspecified atom stereocenters. The minimum Gasteiger partial charge on any atom is -0.488 e. The van der Waals surface area contributed by atoms with Crippen molar-refractivity contribution >= 4 is 17.2 Å². The van der Waals surface area contributed by atoms with E-state index in [1.165, 1.54) is 6.20 Å². The van der Waals surface area contributed by atoms with Gasteiger partial charge in [-0.15, -0.1) is 0 Å². The van der Waals surface area contributed by atoms with Gasteiger partial charge in [0.25, 0.3) is 0 Å². The van der Waals surface area contributed by atoms with Crippen LogP contribution in [0.4, 0.5) is 0 Å². The number of rotatable bonds is 18. The first-order valence-electron chi connectivity index (χ1n) is 17.9. The molecular formula is C41H52ClN5O4. The molecule has 9 nitrogen and oxygen atoms in total. The van der Waals surface area contributed by atoms with Crippen LogP contribution < -0.4 is 14.8 Å². The molecule has 1 fully saturated rings. The Morgan fingerprint density at radius 3 is 2.67 bits per heavy atom. The van der Waals surface area contributed by atoms with Crippen molar-refractivity contribution in [3.05, 3.63) is 106 Å². The largest absolute Gasteiger partial charge is 0.488 e. The number of allylic oxidation sites excluding steroid dienone is 2. The molecule has 2 N–H and O–H groups in total. The van der Waals surface area contributed by atoms with Crippen molar-refractivity contribution in [3.63, 3.8) is 0 Å². The number of aromatic nitrogens is 1. The minimum atomic E-state index is -0.808. The summed E-state index contributed by atoms with van der Waals surface area (Å²) in [6.45, 7) is 10.3. The second-order valence-corrected chi connectivity index (χ2v) is 14.7. The number of nitrogens with zero attached hydrogens (tertiary/aromatic N) is 4. The maximum atomic E-state index is 10.00. The Morgan fingerprint density at radius 1 is 1.10 bits per heavy atom. The first kappa shape index (κ1) is 38.5. The topological polar surface area (TPSA) is 103 Å². The van der Waals surface area contributed by atoms with Gasteiger partial charge in [0.05, 0.1) is 16.7 Å². The maximum Gasteiger partial charge on any atom is 0.141 e. The second-order valence-electron chi connectivity index (χ2n) is 14.3. The number of benzene rings is 2. The van der Waals surface area contributed by atoms with Crippen LogP contribution in [0.3, 0.4) is 0 Å². The van der Waals surface area contributed by atoms with Gasteiger partial charge in [-0.05, 0) is 75.8 Å². The van der Waals surface area contributed by atoms with Crippen LogP contribution in [0.2, 0.25) is 5.02 Å². The van der Waals surface area contributed by atoms with Crippen LogP contribution in [0.15, 0.2) is 79.2 Å². The van der Waals surface area contributed by atoms with E-state index in [9.17, 15) is 10.4 Å². The molecule has 2 heterocycles. The van der Waals surface area contributed by atoms with Crippen molar-refractivity contribution in [2.75, 3.05) is 60.0 Å². The number of nitrogens with one attached hydrogen (secondary N) is 1. The van der Waals surface area contributed by atoms with Crippen LogP contribution in [0.25, 0.3) is 5.57 Å². The standard InChI is InChI=1S/C41H52ClN5O4/c1-40(2)36(33-11-6-5-7-12-33)13-8-15-41(40,51-20-10-18-47-19-14-35(48)28-47)30-50-39-23-38(49-29-32-21-31(24-43)25-45-26-32)34(22-37(39)42)27-44-16-9-17-46(3)4/h5-8,11-13,15,21-23,25-26,35,44,48H,9-10,14,16-20,27-30H2,1-4H3/t35?,41-/m0/s1. The van der Waals surface area contributed by atoms with Crippen molar-refractivity contribution in [3.8, 4) is 17.6 Å². The molecule has 1 aliphatic carbocycles. The van der Waals surface area contributed by atoms with E-state index in [1.54, 1.807) is 12.3 Å². The molecule has 2 aliphatic rings. The number of pyridine rings is 1. The molecule has 5 rings (SSSR count). The smallest absolute Gasteiger partial charge is 0.141 e. The van der Waals surface area contributed by atoms with Gasteiger partial charge in [0.1, 0.15) is 36.4 Å². The molecule has 1 aromatic heterocycles. The normalized spacial score (nSPS) is 20.0. The highest BCUT2D eigenvalue weighted by Crippen LogP contribution is 2.49. The Hall–Kier alpha value is -3.75. The summed E-state index contributed by atoms with van der Waals surface area (Å²) in [7, 11) is 4.14. The zero-order chi connectivity index (χ0) is 36.3. The van der Waals surface area contributed by atoms with Gasteiger partial charge < -0.3 is 34.4 Å². The number of aliphatic hydroxyl groups is 1. The van der Waals surface area contributed by atoms with Crippen molar-refractivity contribution in [1.82, 2.24) is 20.1 Å². The Balaban J connectivity index is 1.37. The third-order valence-electron chi connectivity index (χ3n) is 9.82. The average Bonchev–Trinajstić information content (AvgIpc) is 3.54. The highest BCUT2D eigenvalue weighted by molar-refractivity contribution is 6.32. The zero-order valence-corrected chi connectivity index (χ0v) is 31.2. The van der Waals surface area contributed by atoms with E-state index in [4.69, 9.17) is 25.8 Å². The summed E-state index contributed by atoms with van der Waals surface area (Å²) >= 11 is 6.95. The minimum absolute atomic E-state index is 0.221. The van der Waals surface area contributed by atoms with Crippen molar-refractivity contribution in [2.45, 2.75) is 58.0 Å². The van der Waals surface area contributed by atoms with Gasteiger partial charge in [-0.25, -0.2) is 0 Å². The molecule has 0 bridgehead atoms. The third-order valence-corrected chi connectivity index (χ3v) is 10.1. The van der Waals surface area contributed by atoms with Crippen molar-refractivity contribution in [2.24, 2.45) is 5.41 Å².